The molecule has 2 aliphatic rings. The van der Waals surface area contributed by atoms with Gasteiger partial charge >= 0.3 is 5.97 Å². The first-order valence-corrected chi connectivity index (χ1v) is 9.81. The zero-order chi connectivity index (χ0) is 21.0. The Hall–Kier alpha value is -3.45. The van der Waals surface area contributed by atoms with Gasteiger partial charge in [0, 0.05) is 16.5 Å². The third-order valence-corrected chi connectivity index (χ3v) is 5.85. The normalized spacial score (nSPS) is 19.1. The fourth-order valence-electron chi connectivity index (χ4n) is 4.21. The molecule has 5 rings (SSSR count). The van der Waals surface area contributed by atoms with E-state index in [1.165, 1.54) is 0 Å². The molecule has 30 heavy (non-hydrogen) atoms. The molecule has 1 aromatic carbocycles. The highest BCUT2D eigenvalue weighted by atomic mass is 16.6. The van der Waals surface area contributed by atoms with Gasteiger partial charge in [0.1, 0.15) is 19.0 Å². The number of aliphatic hydroxyl groups is 1. The molecule has 0 spiro atoms. The lowest BCUT2D eigenvalue weighted by Gasteiger charge is -2.31. The minimum Gasteiger partial charge on any atom is -0.490 e. The van der Waals surface area contributed by atoms with E-state index >= 15 is 0 Å². The van der Waals surface area contributed by atoms with Gasteiger partial charge < -0.3 is 19.1 Å². The molecule has 0 amide bonds. The summed E-state index contributed by atoms with van der Waals surface area (Å²) in [4.78, 5) is 30.2. The number of carbonyl (C=O) groups excluding carboxylic acids is 1. The molecule has 0 radical (unpaired) electrons. The molecule has 7 heteroatoms. The SMILES string of the molecule is C=CCOc1ccc2nc3c(cc2c1)Cn1c-3cc2c(c1=O)COC(=O)[C@]2(O)CC. The minimum absolute atomic E-state index is 0.118. The fraction of sp³-hybridized carbons (Fsp3) is 0.261. The van der Waals surface area contributed by atoms with E-state index in [1.54, 1.807) is 23.6 Å². The highest BCUT2D eigenvalue weighted by Gasteiger charge is 2.45. The number of esters is 1. The first-order chi connectivity index (χ1) is 14.5. The number of ether oxygens (including phenoxy) is 2. The van der Waals surface area contributed by atoms with Crippen molar-refractivity contribution in [1.29, 1.82) is 0 Å². The lowest BCUT2D eigenvalue weighted by Crippen LogP contribution is -2.44. The maximum Gasteiger partial charge on any atom is 0.343 e. The number of carbonyl (C=O) groups is 1. The van der Waals surface area contributed by atoms with Crippen LogP contribution in [-0.4, -0.2) is 27.2 Å². The summed E-state index contributed by atoms with van der Waals surface area (Å²) in [5.74, 6) is -0.00504. The van der Waals surface area contributed by atoms with Gasteiger partial charge in [-0.05, 0) is 36.8 Å². The first-order valence-electron chi connectivity index (χ1n) is 9.81. The van der Waals surface area contributed by atoms with Gasteiger partial charge in [-0.15, -0.1) is 0 Å². The monoisotopic (exact) mass is 404 g/mol. The van der Waals surface area contributed by atoms with Gasteiger partial charge in [-0.1, -0.05) is 19.6 Å². The largest absolute Gasteiger partial charge is 0.490 e. The Morgan fingerprint density at radius 3 is 2.93 bits per heavy atom. The predicted octanol–water partition coefficient (Wildman–Crippen LogP) is 2.64. The standard InChI is InChI=1S/C23H20N2O5/c1-3-7-29-15-5-6-18-13(9-15)8-14-11-25-19(20(14)24-18)10-17-16(21(25)26)12-30-22(27)23(17,28)4-2/h3,5-6,8-10,28H,1,4,7,11-12H2,2H3/t23-/m0/s1. The van der Waals surface area contributed by atoms with Crippen LogP contribution < -0.4 is 10.3 Å². The second kappa shape index (κ2) is 6.53. The van der Waals surface area contributed by atoms with E-state index in [2.05, 4.69) is 6.58 Å². The summed E-state index contributed by atoms with van der Waals surface area (Å²) in [6, 6.07) is 9.33. The third-order valence-electron chi connectivity index (χ3n) is 5.85. The number of hydrogen-bond acceptors (Lipinski definition) is 6. The molecule has 2 aliphatic heterocycles. The summed E-state index contributed by atoms with van der Waals surface area (Å²) in [6.45, 7) is 5.99. The molecule has 0 aliphatic carbocycles. The maximum absolute atomic E-state index is 13.2. The van der Waals surface area contributed by atoms with E-state index in [0.717, 1.165) is 22.2 Å². The van der Waals surface area contributed by atoms with Crippen molar-refractivity contribution < 1.29 is 19.4 Å². The lowest BCUT2D eigenvalue weighted by molar-refractivity contribution is -0.172. The average molecular weight is 404 g/mol. The molecule has 2 aromatic heterocycles. The fourth-order valence-corrected chi connectivity index (χ4v) is 4.21. The van der Waals surface area contributed by atoms with E-state index in [4.69, 9.17) is 14.5 Å². The number of nitrogens with zero attached hydrogens (tertiary/aromatic N) is 2. The Bertz CT molecular complexity index is 1290. The smallest absolute Gasteiger partial charge is 0.343 e. The third kappa shape index (κ3) is 2.52. The summed E-state index contributed by atoms with van der Waals surface area (Å²) in [5.41, 5.74) is 1.50. The van der Waals surface area contributed by atoms with Crippen LogP contribution in [0.3, 0.4) is 0 Å². The molecule has 4 heterocycles. The van der Waals surface area contributed by atoms with Crippen LogP contribution in [0, 0.1) is 0 Å². The zero-order valence-electron chi connectivity index (χ0n) is 16.5. The second-order valence-corrected chi connectivity index (χ2v) is 7.55. The highest BCUT2D eigenvalue weighted by Crippen LogP contribution is 2.38. The summed E-state index contributed by atoms with van der Waals surface area (Å²) in [5, 5.41) is 11.8. The second-order valence-electron chi connectivity index (χ2n) is 7.55. The lowest BCUT2D eigenvalue weighted by atomic mass is 9.86. The van der Waals surface area contributed by atoms with Gasteiger partial charge in [0.2, 0.25) is 0 Å². The quantitative estimate of drug-likeness (QED) is 0.415. The number of cyclic esters (lactones) is 1. The van der Waals surface area contributed by atoms with Crippen molar-refractivity contribution >= 4 is 16.9 Å². The van der Waals surface area contributed by atoms with E-state index in [1.807, 2.05) is 24.3 Å². The number of hydrogen-bond donors (Lipinski definition) is 1. The van der Waals surface area contributed by atoms with Gasteiger partial charge in [-0.3, -0.25) is 4.79 Å². The molecule has 1 atom stereocenters. The van der Waals surface area contributed by atoms with Crippen LogP contribution in [-0.2, 0) is 28.3 Å². The molecule has 0 saturated carbocycles. The van der Waals surface area contributed by atoms with Crippen molar-refractivity contribution in [3.63, 3.8) is 0 Å². The van der Waals surface area contributed by atoms with Crippen molar-refractivity contribution in [2.24, 2.45) is 0 Å². The molecule has 152 valence electrons. The Morgan fingerprint density at radius 1 is 1.33 bits per heavy atom. The van der Waals surface area contributed by atoms with E-state index in [-0.39, 0.29) is 18.6 Å². The van der Waals surface area contributed by atoms with Crippen molar-refractivity contribution in [1.82, 2.24) is 9.55 Å². The number of fused-ring (bicyclic) bond motifs is 5. The van der Waals surface area contributed by atoms with Crippen molar-refractivity contribution in [3.8, 4) is 17.1 Å². The van der Waals surface area contributed by atoms with Gasteiger partial charge in [0.05, 0.1) is 29.0 Å². The molecule has 7 nitrogen and oxygen atoms in total. The van der Waals surface area contributed by atoms with Gasteiger partial charge in [-0.25, -0.2) is 9.78 Å². The zero-order valence-corrected chi connectivity index (χ0v) is 16.5. The Balaban J connectivity index is 1.68. The topological polar surface area (TPSA) is 90.7 Å². The van der Waals surface area contributed by atoms with Crippen molar-refractivity contribution in [2.45, 2.75) is 32.1 Å². The van der Waals surface area contributed by atoms with Crippen molar-refractivity contribution in [3.05, 3.63) is 70.0 Å². The average Bonchev–Trinajstić information content (AvgIpc) is 3.11. The van der Waals surface area contributed by atoms with Crippen LogP contribution in [0.2, 0.25) is 0 Å². The van der Waals surface area contributed by atoms with Crippen LogP contribution in [0.4, 0.5) is 0 Å². The van der Waals surface area contributed by atoms with Crippen molar-refractivity contribution in [2.75, 3.05) is 6.61 Å². The molecule has 1 N–H and O–H groups in total. The molecule has 0 fully saturated rings. The number of benzene rings is 1. The van der Waals surface area contributed by atoms with Crippen LogP contribution in [0.15, 0.2) is 47.8 Å². The van der Waals surface area contributed by atoms with E-state index in [9.17, 15) is 14.7 Å². The Kier molecular flexibility index (Phi) is 4.04. The number of pyridine rings is 2. The minimum atomic E-state index is -1.82. The summed E-state index contributed by atoms with van der Waals surface area (Å²) in [6.07, 6.45) is 1.80. The summed E-state index contributed by atoms with van der Waals surface area (Å²) < 4.78 is 12.3. The molecule has 0 unspecified atom stereocenters. The Labute approximate surface area is 172 Å². The Morgan fingerprint density at radius 2 is 2.17 bits per heavy atom. The first kappa shape index (κ1) is 18.6. The van der Waals surface area contributed by atoms with Gasteiger partial charge in [0.15, 0.2) is 5.60 Å². The van der Waals surface area contributed by atoms with Gasteiger partial charge in [0.25, 0.3) is 5.56 Å². The molecule has 0 bridgehead atoms. The van der Waals surface area contributed by atoms with E-state index < -0.39 is 11.6 Å². The molecular weight excluding hydrogens is 384 g/mol. The predicted molar refractivity (Wildman–Crippen MR) is 110 cm³/mol. The van der Waals surface area contributed by atoms with Crippen LogP contribution in [0.25, 0.3) is 22.3 Å². The molecule has 0 saturated heterocycles. The van der Waals surface area contributed by atoms with Crippen LogP contribution in [0.5, 0.6) is 5.75 Å². The van der Waals surface area contributed by atoms with Gasteiger partial charge in [-0.2, -0.15) is 0 Å². The molecular formula is C23H20N2O5. The molecule has 3 aromatic rings. The van der Waals surface area contributed by atoms with Crippen LogP contribution in [0.1, 0.15) is 30.0 Å². The highest BCUT2D eigenvalue weighted by molar-refractivity contribution is 5.87. The summed E-state index contributed by atoms with van der Waals surface area (Å²) >= 11 is 0. The van der Waals surface area contributed by atoms with Crippen LogP contribution >= 0.6 is 0 Å². The number of aromatic nitrogens is 2. The van der Waals surface area contributed by atoms with E-state index in [0.29, 0.717) is 35.7 Å². The number of rotatable bonds is 4. The maximum atomic E-state index is 13.2. The summed E-state index contributed by atoms with van der Waals surface area (Å²) in [7, 11) is 0.